The Morgan fingerprint density at radius 1 is 1.12 bits per heavy atom. The number of guanidine groups is 1. The number of rotatable bonds is 7. The minimum Gasteiger partial charge on any atom is -0.494 e. The van der Waals surface area contributed by atoms with Crippen molar-refractivity contribution in [1.29, 1.82) is 0 Å². The van der Waals surface area contributed by atoms with Crippen molar-refractivity contribution in [1.82, 2.24) is 16.0 Å². The van der Waals surface area contributed by atoms with Crippen LogP contribution in [0.2, 0.25) is 0 Å². The molecule has 0 bridgehead atoms. The number of carbonyl (C=O) groups excluding carboxylic acids is 1. The minimum absolute atomic E-state index is 0. The maximum Gasteiger partial charge on any atom is 0.407 e. The lowest BCUT2D eigenvalue weighted by atomic mass is 10.2. The number of para-hydroxylation sites is 1. The minimum atomic E-state index is -0.497. The second-order valence-corrected chi connectivity index (χ2v) is 6.32. The first kappa shape index (κ1) is 24.3. The van der Waals surface area contributed by atoms with Gasteiger partial charge in [-0.15, -0.1) is 24.0 Å². The van der Waals surface area contributed by atoms with E-state index in [0.29, 0.717) is 32.2 Å². The van der Waals surface area contributed by atoms with Crippen LogP contribution in [0.3, 0.4) is 0 Å². The highest BCUT2D eigenvalue weighted by Crippen LogP contribution is 2.17. The van der Waals surface area contributed by atoms with Gasteiger partial charge in [-0.05, 0) is 33.8 Å². The highest BCUT2D eigenvalue weighted by molar-refractivity contribution is 14.0. The van der Waals surface area contributed by atoms with Crippen molar-refractivity contribution in [2.45, 2.75) is 39.8 Å². The number of carbonyl (C=O) groups is 1. The van der Waals surface area contributed by atoms with Crippen LogP contribution in [0.25, 0.3) is 0 Å². The number of amides is 1. The van der Waals surface area contributed by atoms with E-state index in [1.165, 1.54) is 0 Å². The van der Waals surface area contributed by atoms with Gasteiger partial charge in [0.25, 0.3) is 0 Å². The molecule has 1 rings (SSSR count). The molecule has 0 radical (unpaired) electrons. The third kappa shape index (κ3) is 10.3. The van der Waals surface area contributed by atoms with Crippen LogP contribution in [0.5, 0.6) is 5.75 Å². The molecule has 3 N–H and O–H groups in total. The monoisotopic (exact) mass is 478 g/mol. The van der Waals surface area contributed by atoms with Crippen molar-refractivity contribution in [3.05, 3.63) is 29.8 Å². The summed E-state index contributed by atoms with van der Waals surface area (Å²) in [6.45, 7) is 9.64. The summed E-state index contributed by atoms with van der Waals surface area (Å²) >= 11 is 0. The number of hydrogen-bond acceptors (Lipinski definition) is 4. The Morgan fingerprint density at radius 2 is 1.77 bits per heavy atom. The Hall–Kier alpha value is -1.71. The Bertz CT molecular complexity index is 574. The lowest BCUT2D eigenvalue weighted by Crippen LogP contribution is -2.42. The zero-order valence-electron chi connectivity index (χ0n) is 16.2. The maximum absolute atomic E-state index is 11.6. The fourth-order valence-corrected chi connectivity index (χ4v) is 2.01. The molecule has 0 aromatic heterocycles. The number of nitrogens with one attached hydrogen (secondary N) is 3. The second kappa shape index (κ2) is 12.6. The molecule has 8 heteroatoms. The van der Waals surface area contributed by atoms with E-state index >= 15 is 0 Å². The summed E-state index contributed by atoms with van der Waals surface area (Å²) in [7, 11) is 1.70. The van der Waals surface area contributed by atoms with E-state index < -0.39 is 11.7 Å². The summed E-state index contributed by atoms with van der Waals surface area (Å²) in [5, 5.41) is 9.05. The number of hydrogen-bond donors (Lipinski definition) is 3. The predicted octanol–water partition coefficient (Wildman–Crippen LogP) is 2.89. The number of halogens is 1. The van der Waals surface area contributed by atoms with Gasteiger partial charge >= 0.3 is 6.09 Å². The molecular weight excluding hydrogens is 447 g/mol. The largest absolute Gasteiger partial charge is 0.494 e. The molecule has 0 heterocycles. The van der Waals surface area contributed by atoms with Gasteiger partial charge in [0.2, 0.25) is 0 Å². The molecule has 1 aromatic carbocycles. The highest BCUT2D eigenvalue weighted by atomic mass is 127. The maximum atomic E-state index is 11.6. The van der Waals surface area contributed by atoms with Crippen LogP contribution in [-0.4, -0.2) is 44.4 Å². The average molecular weight is 478 g/mol. The van der Waals surface area contributed by atoms with Crippen molar-refractivity contribution in [3.8, 4) is 5.75 Å². The number of nitrogens with zero attached hydrogens (tertiary/aromatic N) is 1. The number of alkyl carbamates (subject to hydrolysis) is 1. The van der Waals surface area contributed by atoms with Gasteiger partial charge in [0.1, 0.15) is 11.4 Å². The molecule has 0 spiro atoms. The Morgan fingerprint density at radius 3 is 2.38 bits per heavy atom. The van der Waals surface area contributed by atoms with Crippen LogP contribution in [-0.2, 0) is 11.3 Å². The second-order valence-electron chi connectivity index (χ2n) is 6.32. The summed E-state index contributed by atoms with van der Waals surface area (Å²) in [6, 6.07) is 7.88. The summed E-state index contributed by atoms with van der Waals surface area (Å²) in [5.74, 6) is 1.51. The fourth-order valence-electron chi connectivity index (χ4n) is 2.01. The van der Waals surface area contributed by atoms with Crippen molar-refractivity contribution in [3.63, 3.8) is 0 Å². The van der Waals surface area contributed by atoms with Crippen molar-refractivity contribution in [2.24, 2.45) is 4.99 Å². The molecule has 26 heavy (non-hydrogen) atoms. The quantitative estimate of drug-likeness (QED) is 0.243. The molecule has 0 saturated carbocycles. The first-order chi connectivity index (χ1) is 11.9. The van der Waals surface area contributed by atoms with Gasteiger partial charge in [-0.3, -0.25) is 4.99 Å². The molecule has 0 unspecified atom stereocenters. The lowest BCUT2D eigenvalue weighted by Gasteiger charge is -2.20. The van der Waals surface area contributed by atoms with E-state index in [1.54, 1.807) is 7.05 Å². The molecule has 0 fully saturated rings. The molecule has 148 valence electrons. The normalized spacial score (nSPS) is 11.2. The SMILES string of the molecule is CCOc1ccccc1CNC(=NC)NCCNC(=O)OC(C)(C)C.I. The first-order valence-corrected chi connectivity index (χ1v) is 8.47. The van der Waals surface area contributed by atoms with Crippen molar-refractivity contribution < 1.29 is 14.3 Å². The molecule has 7 nitrogen and oxygen atoms in total. The zero-order valence-corrected chi connectivity index (χ0v) is 18.5. The van der Waals surface area contributed by atoms with Gasteiger partial charge < -0.3 is 25.4 Å². The van der Waals surface area contributed by atoms with E-state index in [2.05, 4.69) is 20.9 Å². The molecule has 0 aliphatic carbocycles. The molecule has 1 amide bonds. The molecule has 1 aromatic rings. The summed E-state index contributed by atoms with van der Waals surface area (Å²) in [4.78, 5) is 15.7. The van der Waals surface area contributed by atoms with Crippen LogP contribution in [0.1, 0.15) is 33.3 Å². The van der Waals surface area contributed by atoms with Gasteiger partial charge in [-0.2, -0.15) is 0 Å². The molecule has 0 saturated heterocycles. The smallest absolute Gasteiger partial charge is 0.407 e. The van der Waals surface area contributed by atoms with Crippen LogP contribution >= 0.6 is 24.0 Å². The molecular formula is C18H31IN4O3. The third-order valence-corrected chi connectivity index (χ3v) is 3.03. The Kier molecular flexibility index (Phi) is 11.8. The highest BCUT2D eigenvalue weighted by Gasteiger charge is 2.15. The van der Waals surface area contributed by atoms with Gasteiger partial charge in [0, 0.05) is 32.2 Å². The Balaban J connectivity index is 0.00000625. The number of ether oxygens (including phenoxy) is 2. The third-order valence-electron chi connectivity index (χ3n) is 3.03. The number of aliphatic imine (C=N–C) groups is 1. The van der Waals surface area contributed by atoms with Gasteiger partial charge in [-0.1, -0.05) is 18.2 Å². The van der Waals surface area contributed by atoms with Crippen molar-refractivity contribution >= 4 is 36.0 Å². The first-order valence-electron chi connectivity index (χ1n) is 8.47. The molecule has 0 aliphatic heterocycles. The van der Waals surface area contributed by atoms with Crippen LogP contribution in [0.4, 0.5) is 4.79 Å². The van der Waals surface area contributed by atoms with Gasteiger partial charge in [0.05, 0.1) is 6.61 Å². The van der Waals surface area contributed by atoms with E-state index in [4.69, 9.17) is 9.47 Å². The number of benzene rings is 1. The van der Waals surface area contributed by atoms with Gasteiger partial charge in [0.15, 0.2) is 5.96 Å². The van der Waals surface area contributed by atoms with E-state index in [0.717, 1.165) is 11.3 Å². The summed E-state index contributed by atoms with van der Waals surface area (Å²) < 4.78 is 10.8. The molecule has 0 aliphatic rings. The topological polar surface area (TPSA) is 84.0 Å². The van der Waals surface area contributed by atoms with Crippen LogP contribution in [0, 0.1) is 0 Å². The summed E-state index contributed by atoms with van der Waals surface area (Å²) in [6.07, 6.45) is -0.428. The average Bonchev–Trinajstić information content (AvgIpc) is 2.54. The Labute approximate surface area is 173 Å². The fraction of sp³-hybridized carbons (Fsp3) is 0.556. The van der Waals surface area contributed by atoms with E-state index in [9.17, 15) is 4.79 Å². The van der Waals surface area contributed by atoms with Crippen molar-refractivity contribution in [2.75, 3.05) is 26.7 Å². The summed E-state index contributed by atoms with van der Waals surface area (Å²) in [5.41, 5.74) is 0.558. The van der Waals surface area contributed by atoms with E-state index in [-0.39, 0.29) is 24.0 Å². The lowest BCUT2D eigenvalue weighted by molar-refractivity contribution is 0.0529. The predicted molar refractivity (Wildman–Crippen MR) is 115 cm³/mol. The van der Waals surface area contributed by atoms with Crippen LogP contribution < -0.4 is 20.7 Å². The standard InChI is InChI=1S/C18H30N4O3.HI/c1-6-24-15-10-8-7-9-14(15)13-22-16(19-5)20-11-12-21-17(23)25-18(2,3)4;/h7-10H,6,11-13H2,1-5H3,(H,21,23)(H2,19,20,22);1H. The van der Waals surface area contributed by atoms with Gasteiger partial charge in [-0.25, -0.2) is 4.79 Å². The van der Waals surface area contributed by atoms with Crippen LogP contribution in [0.15, 0.2) is 29.3 Å². The molecule has 0 atom stereocenters. The zero-order chi connectivity index (χ0) is 18.7. The van der Waals surface area contributed by atoms with E-state index in [1.807, 2.05) is 52.0 Å².